The Labute approximate surface area is 120 Å². The summed E-state index contributed by atoms with van der Waals surface area (Å²) in [5, 5.41) is -0.406. The van der Waals surface area contributed by atoms with E-state index in [1.807, 2.05) is 44.2 Å². The van der Waals surface area contributed by atoms with Crippen LogP contribution in [0.25, 0.3) is 0 Å². The summed E-state index contributed by atoms with van der Waals surface area (Å²) in [4.78, 5) is 2.28. The fourth-order valence-corrected chi connectivity index (χ4v) is 5.87. The van der Waals surface area contributed by atoms with E-state index in [2.05, 4.69) is 4.90 Å². The molecular weight excluding hydrogens is 274 g/mol. The van der Waals surface area contributed by atoms with Crippen molar-refractivity contribution in [2.75, 3.05) is 26.3 Å². The van der Waals surface area contributed by atoms with Crippen LogP contribution in [0.1, 0.15) is 24.7 Å². The van der Waals surface area contributed by atoms with Crippen molar-refractivity contribution in [3.63, 3.8) is 0 Å². The van der Waals surface area contributed by atoms with Gasteiger partial charge in [-0.05, 0) is 19.4 Å². The average Bonchev–Trinajstić information content (AvgIpc) is 2.45. The Morgan fingerprint density at radius 2 is 1.75 bits per heavy atom. The van der Waals surface area contributed by atoms with Gasteiger partial charge in [0.25, 0.3) is 0 Å². The van der Waals surface area contributed by atoms with Gasteiger partial charge >= 0.3 is 0 Å². The summed E-state index contributed by atoms with van der Waals surface area (Å²) in [6.07, 6.45) is 0. The zero-order valence-electron chi connectivity index (χ0n) is 12.0. The SMILES string of the molecule is CC1(C)C(N2CCOCC2)C(c2ccccc2)S1(=O)=O. The van der Waals surface area contributed by atoms with E-state index in [0.717, 1.165) is 18.7 Å². The van der Waals surface area contributed by atoms with Crippen molar-refractivity contribution < 1.29 is 13.2 Å². The standard InChI is InChI=1S/C15H21NO3S/c1-15(2)14(16-8-10-19-11-9-16)13(20(15,17)18)12-6-4-3-5-7-12/h3-7,13-14H,8-11H2,1-2H3. The van der Waals surface area contributed by atoms with Gasteiger partial charge in [0.2, 0.25) is 0 Å². The summed E-state index contributed by atoms with van der Waals surface area (Å²) in [5.74, 6) is 0. The minimum absolute atomic E-state index is 0.0406. The highest BCUT2D eigenvalue weighted by Crippen LogP contribution is 2.52. The number of ether oxygens (including phenoxy) is 1. The molecule has 2 saturated heterocycles. The van der Waals surface area contributed by atoms with Crippen LogP contribution in [-0.2, 0) is 14.6 Å². The summed E-state index contributed by atoms with van der Waals surface area (Å²) in [7, 11) is -3.13. The molecule has 2 unspecified atom stereocenters. The van der Waals surface area contributed by atoms with Crippen LogP contribution < -0.4 is 0 Å². The van der Waals surface area contributed by atoms with Crippen molar-refractivity contribution in [3.05, 3.63) is 35.9 Å². The van der Waals surface area contributed by atoms with E-state index in [9.17, 15) is 8.42 Å². The van der Waals surface area contributed by atoms with E-state index >= 15 is 0 Å². The molecule has 110 valence electrons. The van der Waals surface area contributed by atoms with Gasteiger partial charge in [0.05, 0.1) is 18.0 Å². The smallest absolute Gasteiger partial charge is 0.165 e. The molecule has 2 aliphatic heterocycles. The number of nitrogens with zero attached hydrogens (tertiary/aromatic N) is 1. The predicted octanol–water partition coefficient (Wildman–Crippen LogP) is 1.64. The van der Waals surface area contributed by atoms with Gasteiger partial charge in [-0.25, -0.2) is 8.42 Å². The molecular formula is C15H21NO3S. The predicted molar refractivity (Wildman–Crippen MR) is 78.4 cm³/mol. The highest BCUT2D eigenvalue weighted by atomic mass is 32.2. The lowest BCUT2D eigenvalue weighted by molar-refractivity contribution is 0.00122. The van der Waals surface area contributed by atoms with Gasteiger partial charge in [-0.2, -0.15) is 0 Å². The van der Waals surface area contributed by atoms with E-state index < -0.39 is 19.8 Å². The van der Waals surface area contributed by atoms with Gasteiger partial charge < -0.3 is 4.74 Å². The lowest BCUT2D eigenvalue weighted by atomic mass is 9.91. The van der Waals surface area contributed by atoms with Crippen molar-refractivity contribution in [1.82, 2.24) is 4.90 Å². The van der Waals surface area contributed by atoms with E-state index in [1.54, 1.807) is 0 Å². The molecule has 1 aromatic carbocycles. The third kappa shape index (κ3) is 1.91. The number of benzene rings is 1. The van der Waals surface area contributed by atoms with Gasteiger partial charge in [0.1, 0.15) is 5.25 Å². The van der Waals surface area contributed by atoms with Crippen LogP contribution in [-0.4, -0.2) is 50.4 Å². The van der Waals surface area contributed by atoms with Crippen LogP contribution in [0.5, 0.6) is 0 Å². The number of hydrogen-bond donors (Lipinski definition) is 0. The Balaban J connectivity index is 1.97. The summed E-state index contributed by atoms with van der Waals surface area (Å²) in [6, 6.07) is 9.62. The molecule has 2 heterocycles. The average molecular weight is 295 g/mol. The number of sulfone groups is 1. The van der Waals surface area contributed by atoms with Crippen LogP contribution in [0.4, 0.5) is 0 Å². The fourth-order valence-electron chi connectivity index (χ4n) is 3.45. The van der Waals surface area contributed by atoms with Gasteiger partial charge in [0.15, 0.2) is 9.84 Å². The van der Waals surface area contributed by atoms with Crippen LogP contribution in [0.2, 0.25) is 0 Å². The Hall–Kier alpha value is -0.910. The Morgan fingerprint density at radius 3 is 2.35 bits per heavy atom. The highest BCUT2D eigenvalue weighted by Gasteiger charge is 2.64. The molecule has 0 aromatic heterocycles. The summed E-state index contributed by atoms with van der Waals surface area (Å²) >= 11 is 0. The maximum Gasteiger partial charge on any atom is 0.165 e. The molecule has 0 aliphatic carbocycles. The van der Waals surface area contributed by atoms with E-state index in [-0.39, 0.29) is 6.04 Å². The lowest BCUT2D eigenvalue weighted by Crippen LogP contribution is -2.69. The second kappa shape index (κ2) is 4.83. The van der Waals surface area contributed by atoms with Crippen LogP contribution in [0.15, 0.2) is 30.3 Å². The molecule has 4 nitrogen and oxygen atoms in total. The molecule has 2 fully saturated rings. The largest absolute Gasteiger partial charge is 0.379 e. The third-order valence-corrected chi connectivity index (χ3v) is 7.54. The van der Waals surface area contributed by atoms with Gasteiger partial charge in [-0.1, -0.05) is 30.3 Å². The van der Waals surface area contributed by atoms with Gasteiger partial charge in [0, 0.05) is 19.1 Å². The van der Waals surface area contributed by atoms with E-state index in [1.165, 1.54) is 0 Å². The first-order valence-corrected chi connectivity index (χ1v) is 8.61. The molecule has 0 bridgehead atoms. The third-order valence-electron chi connectivity index (χ3n) is 4.63. The number of hydrogen-bond acceptors (Lipinski definition) is 4. The molecule has 0 radical (unpaired) electrons. The minimum Gasteiger partial charge on any atom is -0.379 e. The topological polar surface area (TPSA) is 46.6 Å². The molecule has 2 atom stereocenters. The quantitative estimate of drug-likeness (QED) is 0.832. The first kappa shape index (κ1) is 14.0. The molecule has 20 heavy (non-hydrogen) atoms. The molecule has 5 heteroatoms. The van der Waals surface area contributed by atoms with Gasteiger partial charge in [-0.15, -0.1) is 0 Å². The normalized spacial score (nSPS) is 32.5. The van der Waals surface area contributed by atoms with E-state index in [4.69, 9.17) is 4.74 Å². The fraction of sp³-hybridized carbons (Fsp3) is 0.600. The van der Waals surface area contributed by atoms with Crippen LogP contribution in [0, 0.1) is 0 Å². The first-order chi connectivity index (χ1) is 9.46. The van der Waals surface area contributed by atoms with Crippen molar-refractivity contribution in [2.24, 2.45) is 0 Å². The highest BCUT2D eigenvalue weighted by molar-refractivity contribution is 7.94. The molecule has 0 spiro atoms. The molecule has 2 aliphatic rings. The molecule has 0 saturated carbocycles. The zero-order chi connectivity index (χ0) is 14.4. The molecule has 3 rings (SSSR count). The Morgan fingerprint density at radius 1 is 1.15 bits per heavy atom. The summed E-state index contributed by atoms with van der Waals surface area (Å²) in [6.45, 7) is 6.70. The van der Waals surface area contributed by atoms with Crippen molar-refractivity contribution >= 4 is 9.84 Å². The number of rotatable bonds is 2. The number of morpholine rings is 1. The lowest BCUT2D eigenvalue weighted by Gasteiger charge is -2.55. The second-order valence-electron chi connectivity index (χ2n) is 6.07. The summed E-state index contributed by atoms with van der Waals surface area (Å²) in [5.41, 5.74) is 0.906. The van der Waals surface area contributed by atoms with E-state index in [0.29, 0.717) is 13.2 Å². The van der Waals surface area contributed by atoms with Crippen LogP contribution >= 0.6 is 0 Å². The van der Waals surface area contributed by atoms with Crippen LogP contribution in [0.3, 0.4) is 0 Å². The Kier molecular flexibility index (Phi) is 3.39. The van der Waals surface area contributed by atoms with Crippen molar-refractivity contribution in [3.8, 4) is 0 Å². The molecule has 1 aromatic rings. The van der Waals surface area contributed by atoms with Crippen molar-refractivity contribution in [1.29, 1.82) is 0 Å². The second-order valence-corrected chi connectivity index (χ2v) is 8.72. The molecule has 0 N–H and O–H groups in total. The molecule has 0 amide bonds. The summed E-state index contributed by atoms with van der Waals surface area (Å²) < 4.78 is 30.0. The van der Waals surface area contributed by atoms with Gasteiger partial charge in [-0.3, -0.25) is 4.90 Å². The maximum absolute atomic E-state index is 12.7. The Bertz CT molecular complexity index is 576. The monoisotopic (exact) mass is 295 g/mol. The minimum atomic E-state index is -3.13. The zero-order valence-corrected chi connectivity index (χ0v) is 12.8. The first-order valence-electron chi connectivity index (χ1n) is 7.06. The maximum atomic E-state index is 12.7. The van der Waals surface area contributed by atoms with Crippen molar-refractivity contribution in [2.45, 2.75) is 29.9 Å².